The number of rotatable bonds is 6. The second-order valence-corrected chi connectivity index (χ2v) is 6.72. The molecule has 1 fully saturated rings. The highest BCUT2D eigenvalue weighted by Crippen LogP contribution is 2.29. The molecule has 1 aliphatic rings. The molecule has 3 rings (SSSR count). The zero-order valence-electron chi connectivity index (χ0n) is 15.0. The van der Waals surface area contributed by atoms with Crippen LogP contribution in [0.25, 0.3) is 0 Å². The fourth-order valence-corrected chi connectivity index (χ4v) is 3.05. The van der Waals surface area contributed by atoms with E-state index >= 15 is 0 Å². The molecule has 0 aliphatic carbocycles. The first-order valence-electron chi connectivity index (χ1n) is 8.82. The quantitative estimate of drug-likeness (QED) is 0.764. The molecule has 0 spiro atoms. The van der Waals surface area contributed by atoms with Gasteiger partial charge >= 0.3 is 0 Å². The standard InChI is InChI=1S/C19H20ClF2N3O3/c20-14-4-3-12(8-16(14)22)18-13(9-23-6-7-27-18)10-25-17(26)11-28-19-15(21)2-1-5-24-19/h1-5,8,13,18,23H,6-7,9-11H2,(H,25,26)/t13-,18-/m0/s1. The Balaban J connectivity index is 1.59. The third-order valence-corrected chi connectivity index (χ3v) is 4.62. The summed E-state index contributed by atoms with van der Waals surface area (Å²) in [7, 11) is 0. The van der Waals surface area contributed by atoms with Crippen molar-refractivity contribution in [3.8, 4) is 5.88 Å². The average molecular weight is 412 g/mol. The van der Waals surface area contributed by atoms with Crippen molar-refractivity contribution in [3.05, 3.63) is 58.7 Å². The van der Waals surface area contributed by atoms with E-state index in [9.17, 15) is 13.6 Å². The van der Waals surface area contributed by atoms with Crippen molar-refractivity contribution < 1.29 is 23.0 Å². The first-order chi connectivity index (χ1) is 13.5. The molecule has 2 heterocycles. The van der Waals surface area contributed by atoms with Crippen LogP contribution < -0.4 is 15.4 Å². The van der Waals surface area contributed by atoms with Crippen LogP contribution in [0.1, 0.15) is 11.7 Å². The Bertz CT molecular complexity index is 825. The number of amides is 1. The van der Waals surface area contributed by atoms with Gasteiger partial charge in [-0.25, -0.2) is 13.8 Å². The highest BCUT2D eigenvalue weighted by molar-refractivity contribution is 6.30. The van der Waals surface area contributed by atoms with Crippen molar-refractivity contribution in [1.82, 2.24) is 15.6 Å². The van der Waals surface area contributed by atoms with Gasteiger partial charge in [0.15, 0.2) is 12.4 Å². The van der Waals surface area contributed by atoms with Crippen LogP contribution in [0.5, 0.6) is 5.88 Å². The predicted octanol–water partition coefficient (Wildman–Crippen LogP) is 2.49. The van der Waals surface area contributed by atoms with Crippen molar-refractivity contribution in [1.29, 1.82) is 0 Å². The minimum Gasteiger partial charge on any atom is -0.465 e. The van der Waals surface area contributed by atoms with E-state index in [1.807, 2.05) is 0 Å². The Hall–Kier alpha value is -2.29. The number of pyridine rings is 1. The second-order valence-electron chi connectivity index (χ2n) is 6.31. The number of halogens is 3. The average Bonchev–Trinajstić information content (AvgIpc) is 2.93. The van der Waals surface area contributed by atoms with Gasteiger partial charge < -0.3 is 20.1 Å². The molecule has 1 saturated heterocycles. The minimum atomic E-state index is -0.638. The number of ether oxygens (including phenoxy) is 2. The molecule has 150 valence electrons. The number of hydrogen-bond donors (Lipinski definition) is 2. The summed E-state index contributed by atoms with van der Waals surface area (Å²) in [4.78, 5) is 15.8. The second kappa shape index (κ2) is 9.77. The lowest BCUT2D eigenvalue weighted by Gasteiger charge is -2.25. The van der Waals surface area contributed by atoms with Gasteiger partial charge in [0.1, 0.15) is 5.82 Å². The van der Waals surface area contributed by atoms with Gasteiger partial charge in [-0.05, 0) is 29.8 Å². The number of benzene rings is 1. The molecule has 6 nitrogen and oxygen atoms in total. The summed E-state index contributed by atoms with van der Waals surface area (Å²) in [5.41, 5.74) is 0.650. The van der Waals surface area contributed by atoms with E-state index in [4.69, 9.17) is 21.1 Å². The van der Waals surface area contributed by atoms with Gasteiger partial charge in [-0.2, -0.15) is 0 Å². The SMILES string of the molecule is O=C(COc1ncccc1F)NC[C@@H]1CNCCO[C@H]1c1ccc(Cl)c(F)c1. The highest BCUT2D eigenvalue weighted by atomic mass is 35.5. The molecule has 2 atom stereocenters. The Kier molecular flexibility index (Phi) is 7.13. The van der Waals surface area contributed by atoms with Crippen molar-refractivity contribution in [2.45, 2.75) is 6.10 Å². The summed E-state index contributed by atoms with van der Waals surface area (Å²) in [6.07, 6.45) is 0.969. The van der Waals surface area contributed by atoms with E-state index in [0.29, 0.717) is 25.3 Å². The maximum absolute atomic E-state index is 13.8. The topological polar surface area (TPSA) is 72.5 Å². The van der Waals surface area contributed by atoms with Crippen molar-refractivity contribution in [2.24, 2.45) is 5.92 Å². The van der Waals surface area contributed by atoms with Gasteiger partial charge in [0.2, 0.25) is 0 Å². The molecule has 28 heavy (non-hydrogen) atoms. The van der Waals surface area contributed by atoms with Crippen LogP contribution in [0.2, 0.25) is 5.02 Å². The van der Waals surface area contributed by atoms with Crippen LogP contribution in [-0.4, -0.2) is 43.7 Å². The predicted molar refractivity (Wildman–Crippen MR) is 99.2 cm³/mol. The van der Waals surface area contributed by atoms with Crippen LogP contribution in [-0.2, 0) is 9.53 Å². The zero-order chi connectivity index (χ0) is 19.9. The fourth-order valence-electron chi connectivity index (χ4n) is 2.93. The maximum Gasteiger partial charge on any atom is 0.258 e. The molecule has 2 aromatic rings. The van der Waals surface area contributed by atoms with Crippen molar-refractivity contribution in [3.63, 3.8) is 0 Å². The van der Waals surface area contributed by atoms with Gasteiger partial charge in [0, 0.05) is 31.7 Å². The van der Waals surface area contributed by atoms with Crippen molar-refractivity contribution in [2.75, 3.05) is 32.8 Å². The molecule has 1 aromatic carbocycles. The molecule has 9 heteroatoms. The Morgan fingerprint density at radius 1 is 1.36 bits per heavy atom. The Morgan fingerprint density at radius 2 is 2.21 bits per heavy atom. The van der Waals surface area contributed by atoms with Gasteiger partial charge in [-0.1, -0.05) is 17.7 Å². The molecular weight excluding hydrogens is 392 g/mol. The lowest BCUT2D eigenvalue weighted by atomic mass is 9.95. The van der Waals surface area contributed by atoms with Crippen LogP contribution in [0, 0.1) is 17.6 Å². The van der Waals surface area contributed by atoms with Gasteiger partial charge in [-0.15, -0.1) is 0 Å². The maximum atomic E-state index is 13.8. The summed E-state index contributed by atoms with van der Waals surface area (Å²) in [6.45, 7) is 1.59. The summed E-state index contributed by atoms with van der Waals surface area (Å²) >= 11 is 5.76. The first-order valence-corrected chi connectivity index (χ1v) is 9.19. The highest BCUT2D eigenvalue weighted by Gasteiger charge is 2.27. The molecule has 0 radical (unpaired) electrons. The van der Waals surface area contributed by atoms with E-state index in [2.05, 4.69) is 15.6 Å². The molecule has 1 amide bonds. The van der Waals surface area contributed by atoms with E-state index in [1.54, 1.807) is 6.07 Å². The number of carbonyl (C=O) groups is 1. The minimum absolute atomic E-state index is 0.0410. The Labute approximate surface area is 166 Å². The number of carbonyl (C=O) groups excluding carboxylic acids is 1. The fraction of sp³-hybridized carbons (Fsp3) is 0.368. The molecule has 0 bridgehead atoms. The Morgan fingerprint density at radius 3 is 3.00 bits per heavy atom. The largest absolute Gasteiger partial charge is 0.465 e. The van der Waals surface area contributed by atoms with E-state index in [-0.39, 0.29) is 30.0 Å². The molecular formula is C19H20ClF2N3O3. The lowest BCUT2D eigenvalue weighted by Crippen LogP contribution is -2.38. The third-order valence-electron chi connectivity index (χ3n) is 4.31. The molecule has 1 aromatic heterocycles. The smallest absolute Gasteiger partial charge is 0.258 e. The normalized spacial score (nSPS) is 19.7. The van der Waals surface area contributed by atoms with Gasteiger partial charge in [0.25, 0.3) is 11.8 Å². The van der Waals surface area contributed by atoms with E-state index < -0.39 is 23.6 Å². The van der Waals surface area contributed by atoms with E-state index in [1.165, 1.54) is 30.5 Å². The van der Waals surface area contributed by atoms with Crippen molar-refractivity contribution >= 4 is 17.5 Å². The van der Waals surface area contributed by atoms with Gasteiger partial charge in [0.05, 0.1) is 17.7 Å². The number of nitrogens with zero attached hydrogens (tertiary/aromatic N) is 1. The first kappa shape index (κ1) is 20.4. The molecule has 0 unspecified atom stereocenters. The van der Waals surface area contributed by atoms with Crippen LogP contribution in [0.15, 0.2) is 36.5 Å². The zero-order valence-corrected chi connectivity index (χ0v) is 15.7. The monoisotopic (exact) mass is 411 g/mol. The summed E-state index contributed by atoms with van der Waals surface area (Å²) in [5, 5.41) is 6.01. The van der Waals surface area contributed by atoms with Crippen LogP contribution in [0.3, 0.4) is 0 Å². The number of hydrogen-bond acceptors (Lipinski definition) is 5. The number of aromatic nitrogens is 1. The van der Waals surface area contributed by atoms with Gasteiger partial charge in [-0.3, -0.25) is 4.79 Å². The lowest BCUT2D eigenvalue weighted by molar-refractivity contribution is -0.123. The summed E-state index contributed by atoms with van der Waals surface area (Å²) in [6, 6.07) is 7.17. The van der Waals surface area contributed by atoms with Crippen LogP contribution in [0.4, 0.5) is 8.78 Å². The summed E-state index contributed by atoms with van der Waals surface area (Å²) in [5.74, 6) is -1.95. The summed E-state index contributed by atoms with van der Waals surface area (Å²) < 4.78 is 38.3. The van der Waals surface area contributed by atoms with E-state index in [0.717, 1.165) is 0 Å². The molecule has 1 aliphatic heterocycles. The van der Waals surface area contributed by atoms with Crippen LogP contribution >= 0.6 is 11.6 Å². The molecule has 2 N–H and O–H groups in total. The third kappa shape index (κ3) is 5.37. The molecule has 0 saturated carbocycles. The number of nitrogens with one attached hydrogen (secondary N) is 2.